The summed E-state index contributed by atoms with van der Waals surface area (Å²) in [6, 6.07) is 10.9. The van der Waals surface area contributed by atoms with E-state index in [0.717, 1.165) is 0 Å². The second-order valence-corrected chi connectivity index (χ2v) is 6.14. The van der Waals surface area contributed by atoms with Crippen LogP contribution in [0.15, 0.2) is 40.9 Å². The van der Waals surface area contributed by atoms with Gasteiger partial charge in [0.2, 0.25) is 0 Å². The Morgan fingerprint density at radius 2 is 1.87 bits per heavy atom. The molecule has 0 nitrogen and oxygen atoms in total. The van der Waals surface area contributed by atoms with Gasteiger partial charge in [-0.15, -0.1) is 0 Å². The molecular weight excluding hydrogens is 247 g/mol. The molecule has 0 saturated heterocycles. The van der Waals surface area contributed by atoms with E-state index in [-0.39, 0.29) is 0 Å². The van der Waals surface area contributed by atoms with Crippen molar-refractivity contribution < 1.29 is 0 Å². The standard InChI is InChI=1S/C14H20Se/c1-3-5-10-13(9-4-2)15-14-11-7-6-8-12-14/h6-8,10-12H,3-5,9H2,1-2H3/b13-10+. The van der Waals surface area contributed by atoms with Crippen LogP contribution < -0.4 is 4.46 Å². The first-order valence-electron chi connectivity index (χ1n) is 5.78. The second-order valence-electron chi connectivity index (χ2n) is 3.62. The van der Waals surface area contributed by atoms with Crippen LogP contribution in [0, 0.1) is 0 Å². The molecule has 0 fully saturated rings. The average molecular weight is 267 g/mol. The summed E-state index contributed by atoms with van der Waals surface area (Å²) in [6.45, 7) is 4.51. The van der Waals surface area contributed by atoms with Crippen LogP contribution in [0.1, 0.15) is 39.5 Å². The molecule has 0 aromatic heterocycles. The van der Waals surface area contributed by atoms with Gasteiger partial charge in [-0.3, -0.25) is 0 Å². The minimum atomic E-state index is 0.548. The fourth-order valence-electron chi connectivity index (χ4n) is 1.39. The van der Waals surface area contributed by atoms with Gasteiger partial charge >= 0.3 is 99.8 Å². The Labute approximate surface area is 99.9 Å². The molecule has 0 aliphatic heterocycles. The number of unbranched alkanes of at least 4 members (excludes halogenated alkanes) is 1. The zero-order valence-electron chi connectivity index (χ0n) is 9.70. The van der Waals surface area contributed by atoms with Gasteiger partial charge in [0.1, 0.15) is 0 Å². The maximum absolute atomic E-state index is 2.45. The quantitative estimate of drug-likeness (QED) is 0.692. The number of benzene rings is 1. The maximum atomic E-state index is 2.45. The molecule has 0 spiro atoms. The Bertz CT molecular complexity index is 287. The molecule has 0 heterocycles. The van der Waals surface area contributed by atoms with Crippen LogP contribution >= 0.6 is 0 Å². The summed E-state index contributed by atoms with van der Waals surface area (Å²) < 4.78 is 3.17. The number of hydrogen-bond donors (Lipinski definition) is 0. The van der Waals surface area contributed by atoms with Crippen LogP contribution in [0.4, 0.5) is 0 Å². The van der Waals surface area contributed by atoms with Crippen molar-refractivity contribution in [3.63, 3.8) is 0 Å². The monoisotopic (exact) mass is 268 g/mol. The van der Waals surface area contributed by atoms with E-state index >= 15 is 0 Å². The van der Waals surface area contributed by atoms with E-state index < -0.39 is 0 Å². The van der Waals surface area contributed by atoms with Gasteiger partial charge < -0.3 is 0 Å². The molecule has 1 heteroatoms. The molecule has 0 N–H and O–H groups in total. The SMILES string of the molecule is CCC/C=C(\CCC)[Se]c1ccccc1. The summed E-state index contributed by atoms with van der Waals surface area (Å²) in [5.74, 6) is 0. The van der Waals surface area contributed by atoms with Gasteiger partial charge in [-0.05, 0) is 0 Å². The van der Waals surface area contributed by atoms with E-state index in [4.69, 9.17) is 0 Å². The molecular formula is C14H20Se. The molecule has 82 valence electrons. The van der Waals surface area contributed by atoms with Crippen molar-refractivity contribution in [2.75, 3.05) is 0 Å². The summed E-state index contributed by atoms with van der Waals surface area (Å²) in [7, 11) is 0. The molecule has 0 aliphatic rings. The summed E-state index contributed by atoms with van der Waals surface area (Å²) in [5.41, 5.74) is 0. The van der Waals surface area contributed by atoms with Crippen LogP contribution in [-0.4, -0.2) is 15.0 Å². The van der Waals surface area contributed by atoms with Crippen molar-refractivity contribution in [1.29, 1.82) is 0 Å². The van der Waals surface area contributed by atoms with Gasteiger partial charge in [-0.2, -0.15) is 0 Å². The third kappa shape index (κ3) is 5.20. The van der Waals surface area contributed by atoms with E-state index in [1.807, 2.05) is 0 Å². The summed E-state index contributed by atoms with van der Waals surface area (Å²) >= 11 is 0.548. The molecule has 0 saturated carbocycles. The van der Waals surface area contributed by atoms with Gasteiger partial charge in [-0.25, -0.2) is 0 Å². The van der Waals surface area contributed by atoms with E-state index in [2.05, 4.69) is 50.3 Å². The van der Waals surface area contributed by atoms with Crippen molar-refractivity contribution in [3.05, 3.63) is 40.9 Å². The first kappa shape index (κ1) is 12.5. The first-order chi connectivity index (χ1) is 7.36. The summed E-state index contributed by atoms with van der Waals surface area (Å²) in [5, 5.41) is 0. The van der Waals surface area contributed by atoms with Crippen LogP contribution in [0.2, 0.25) is 0 Å². The Kier molecular flexibility index (Phi) is 6.47. The summed E-state index contributed by atoms with van der Waals surface area (Å²) in [6.07, 6.45) is 7.50. The average Bonchev–Trinajstić information content (AvgIpc) is 2.28. The fourth-order valence-corrected chi connectivity index (χ4v) is 3.70. The number of allylic oxidation sites excluding steroid dienone is 2. The van der Waals surface area contributed by atoms with Crippen LogP contribution in [0.3, 0.4) is 0 Å². The molecule has 0 radical (unpaired) electrons. The minimum absolute atomic E-state index is 0.548. The third-order valence-corrected chi connectivity index (χ3v) is 4.54. The molecule has 0 aliphatic carbocycles. The predicted octanol–water partition coefficient (Wildman–Crippen LogP) is 3.50. The first-order valence-corrected chi connectivity index (χ1v) is 7.50. The van der Waals surface area contributed by atoms with Crippen LogP contribution in [-0.2, 0) is 0 Å². The molecule has 1 aromatic carbocycles. The van der Waals surface area contributed by atoms with E-state index in [1.54, 1.807) is 4.47 Å². The number of hydrogen-bond acceptors (Lipinski definition) is 0. The van der Waals surface area contributed by atoms with E-state index in [1.165, 1.54) is 30.1 Å². The topological polar surface area (TPSA) is 0 Å². The molecule has 0 amide bonds. The Balaban J connectivity index is 2.58. The Morgan fingerprint density at radius 3 is 2.47 bits per heavy atom. The summed E-state index contributed by atoms with van der Waals surface area (Å²) in [4.78, 5) is 0. The van der Waals surface area contributed by atoms with Gasteiger partial charge in [0, 0.05) is 0 Å². The van der Waals surface area contributed by atoms with Crippen LogP contribution in [0.5, 0.6) is 0 Å². The molecule has 1 aromatic rings. The fraction of sp³-hybridized carbons (Fsp3) is 0.429. The van der Waals surface area contributed by atoms with Gasteiger partial charge in [0.05, 0.1) is 0 Å². The van der Waals surface area contributed by atoms with Gasteiger partial charge in [-0.1, -0.05) is 0 Å². The molecule has 1 rings (SSSR count). The Hall–Kier alpha value is -0.521. The van der Waals surface area contributed by atoms with Crippen molar-refractivity contribution in [3.8, 4) is 0 Å². The molecule has 0 bridgehead atoms. The molecule has 0 unspecified atom stereocenters. The normalized spacial score (nSPS) is 11.7. The zero-order chi connectivity index (χ0) is 10.9. The third-order valence-electron chi connectivity index (χ3n) is 2.15. The van der Waals surface area contributed by atoms with Crippen molar-refractivity contribution in [2.24, 2.45) is 0 Å². The van der Waals surface area contributed by atoms with Crippen LogP contribution in [0.25, 0.3) is 0 Å². The van der Waals surface area contributed by atoms with Crippen molar-refractivity contribution in [2.45, 2.75) is 39.5 Å². The van der Waals surface area contributed by atoms with Crippen molar-refractivity contribution >= 4 is 19.4 Å². The van der Waals surface area contributed by atoms with Gasteiger partial charge in [0.15, 0.2) is 0 Å². The molecule has 15 heavy (non-hydrogen) atoms. The van der Waals surface area contributed by atoms with E-state index in [0.29, 0.717) is 15.0 Å². The Morgan fingerprint density at radius 1 is 1.13 bits per heavy atom. The predicted molar refractivity (Wildman–Crippen MR) is 69.7 cm³/mol. The molecule has 0 atom stereocenters. The number of rotatable bonds is 6. The van der Waals surface area contributed by atoms with Gasteiger partial charge in [0.25, 0.3) is 0 Å². The van der Waals surface area contributed by atoms with Crippen molar-refractivity contribution in [1.82, 2.24) is 0 Å². The van der Waals surface area contributed by atoms with E-state index in [9.17, 15) is 0 Å². The second kappa shape index (κ2) is 7.73. The zero-order valence-corrected chi connectivity index (χ0v) is 11.4.